The van der Waals surface area contributed by atoms with Gasteiger partial charge in [0.1, 0.15) is 17.9 Å². The number of nitrogens with zero attached hydrogens (tertiary/aromatic N) is 1. The summed E-state index contributed by atoms with van der Waals surface area (Å²) >= 11 is 0. The van der Waals surface area contributed by atoms with Gasteiger partial charge in [-0.25, -0.2) is 4.39 Å². The molecule has 0 saturated carbocycles. The van der Waals surface area contributed by atoms with E-state index in [2.05, 4.69) is 5.32 Å². The first-order valence-corrected chi connectivity index (χ1v) is 6.88. The summed E-state index contributed by atoms with van der Waals surface area (Å²) < 4.78 is 13.6. The quantitative estimate of drug-likeness (QED) is 0.907. The molecule has 0 aliphatic carbocycles. The third kappa shape index (κ3) is 2.81. The average Bonchev–Trinajstić information content (AvgIpc) is 2.42. The van der Waals surface area contributed by atoms with Crippen molar-refractivity contribution in [3.05, 3.63) is 35.6 Å². The normalized spacial score (nSPS) is 22.9. The van der Waals surface area contributed by atoms with Gasteiger partial charge >= 0.3 is 0 Å². The van der Waals surface area contributed by atoms with Crippen LogP contribution in [0.15, 0.2) is 24.3 Å². The Kier molecular flexibility index (Phi) is 4.37. The highest BCUT2D eigenvalue weighted by molar-refractivity contribution is 5.96. The molecule has 1 aliphatic heterocycles. The summed E-state index contributed by atoms with van der Waals surface area (Å²) in [6.07, 6.45) is 0.969. The lowest BCUT2D eigenvalue weighted by Gasteiger charge is -2.37. The second-order valence-corrected chi connectivity index (χ2v) is 5.03. The van der Waals surface area contributed by atoms with Crippen LogP contribution in [0, 0.1) is 5.82 Å². The Hall–Kier alpha value is -1.91. The largest absolute Gasteiger partial charge is 0.343 e. The molecule has 1 heterocycles. The summed E-state index contributed by atoms with van der Waals surface area (Å²) in [6.45, 7) is 3.89. The molecule has 1 saturated heterocycles. The third-order valence-electron chi connectivity index (χ3n) is 3.66. The fraction of sp³-hybridized carbons (Fsp3) is 0.467. The molecule has 1 aliphatic rings. The monoisotopic (exact) mass is 278 g/mol. The molecule has 1 aromatic rings. The molecule has 0 aromatic heterocycles. The van der Waals surface area contributed by atoms with E-state index in [1.165, 1.54) is 6.07 Å². The van der Waals surface area contributed by atoms with Gasteiger partial charge in [0.15, 0.2) is 0 Å². The molecule has 1 aromatic carbocycles. The van der Waals surface area contributed by atoms with Gasteiger partial charge in [-0.05, 0) is 31.4 Å². The molecule has 2 atom stereocenters. The van der Waals surface area contributed by atoms with Crippen molar-refractivity contribution in [2.45, 2.75) is 38.8 Å². The summed E-state index contributed by atoms with van der Waals surface area (Å²) in [5, 5.41) is 2.67. The number of piperazine rings is 1. The smallest absolute Gasteiger partial charge is 0.245 e. The molecule has 108 valence electrons. The molecule has 1 N–H and O–H groups in total. The maximum absolute atomic E-state index is 13.6. The van der Waals surface area contributed by atoms with Crippen molar-refractivity contribution in [3.63, 3.8) is 0 Å². The summed E-state index contributed by atoms with van der Waals surface area (Å²) in [5.41, 5.74) is 0.564. The lowest BCUT2D eigenvalue weighted by molar-refractivity contribution is -0.148. The number of amides is 2. The van der Waals surface area contributed by atoms with Crippen LogP contribution >= 0.6 is 0 Å². The van der Waals surface area contributed by atoms with Crippen molar-refractivity contribution in [2.24, 2.45) is 0 Å². The van der Waals surface area contributed by atoms with Gasteiger partial charge in [-0.2, -0.15) is 0 Å². The van der Waals surface area contributed by atoms with E-state index in [0.29, 0.717) is 24.9 Å². The Balaban J connectivity index is 2.11. The fourth-order valence-corrected chi connectivity index (χ4v) is 2.53. The topological polar surface area (TPSA) is 49.4 Å². The second-order valence-electron chi connectivity index (χ2n) is 5.03. The number of rotatable bonds is 4. The van der Waals surface area contributed by atoms with E-state index in [1.807, 2.05) is 6.92 Å². The first kappa shape index (κ1) is 14.5. The fourth-order valence-electron chi connectivity index (χ4n) is 2.53. The predicted molar refractivity (Wildman–Crippen MR) is 73.5 cm³/mol. The van der Waals surface area contributed by atoms with Crippen molar-refractivity contribution in [2.75, 3.05) is 6.54 Å². The van der Waals surface area contributed by atoms with Crippen LogP contribution in [-0.2, 0) is 16.0 Å². The molecule has 5 heteroatoms. The van der Waals surface area contributed by atoms with Crippen LogP contribution in [0.25, 0.3) is 0 Å². The molecular weight excluding hydrogens is 259 g/mol. The number of nitrogens with one attached hydrogen (secondary N) is 1. The Bertz CT molecular complexity index is 518. The number of hydrogen-bond acceptors (Lipinski definition) is 2. The zero-order chi connectivity index (χ0) is 14.7. The SMILES string of the molecule is CCC1C(=O)NC(C)C(=O)N1CCc1ccccc1F. The summed E-state index contributed by atoms with van der Waals surface area (Å²) in [5.74, 6) is -0.511. The van der Waals surface area contributed by atoms with Gasteiger partial charge in [0, 0.05) is 6.54 Å². The van der Waals surface area contributed by atoms with Gasteiger partial charge in [0.05, 0.1) is 0 Å². The molecule has 2 amide bonds. The molecule has 20 heavy (non-hydrogen) atoms. The number of hydrogen-bond donors (Lipinski definition) is 1. The molecule has 2 rings (SSSR count). The molecule has 0 spiro atoms. The molecular formula is C15H19FN2O2. The standard InChI is InChI=1S/C15H19FN2O2/c1-3-13-14(19)17-10(2)15(20)18(13)9-8-11-6-4-5-7-12(11)16/h4-7,10,13H,3,8-9H2,1-2H3,(H,17,19). The first-order valence-electron chi connectivity index (χ1n) is 6.88. The van der Waals surface area contributed by atoms with E-state index in [9.17, 15) is 14.0 Å². The molecule has 1 fully saturated rings. The van der Waals surface area contributed by atoms with Crippen LogP contribution in [0.3, 0.4) is 0 Å². The zero-order valence-corrected chi connectivity index (χ0v) is 11.7. The Morgan fingerprint density at radius 3 is 2.65 bits per heavy atom. The number of carbonyl (C=O) groups excluding carboxylic acids is 2. The number of halogens is 1. The minimum Gasteiger partial charge on any atom is -0.343 e. The van der Waals surface area contributed by atoms with Gasteiger partial charge in [-0.3, -0.25) is 9.59 Å². The van der Waals surface area contributed by atoms with E-state index in [4.69, 9.17) is 0 Å². The van der Waals surface area contributed by atoms with Crippen LogP contribution in [-0.4, -0.2) is 35.3 Å². The van der Waals surface area contributed by atoms with Gasteiger partial charge in [0.25, 0.3) is 0 Å². The highest BCUT2D eigenvalue weighted by Crippen LogP contribution is 2.15. The average molecular weight is 278 g/mol. The second kappa shape index (κ2) is 6.03. The van der Waals surface area contributed by atoms with E-state index in [0.717, 1.165) is 0 Å². The Morgan fingerprint density at radius 2 is 2.00 bits per heavy atom. The third-order valence-corrected chi connectivity index (χ3v) is 3.66. The lowest BCUT2D eigenvalue weighted by Crippen LogP contribution is -2.62. The zero-order valence-electron chi connectivity index (χ0n) is 11.7. The van der Waals surface area contributed by atoms with Crippen molar-refractivity contribution >= 4 is 11.8 Å². The van der Waals surface area contributed by atoms with Crippen molar-refractivity contribution in [1.29, 1.82) is 0 Å². The molecule has 4 nitrogen and oxygen atoms in total. The van der Waals surface area contributed by atoms with Crippen LogP contribution in [0.5, 0.6) is 0 Å². The Labute approximate surface area is 118 Å². The van der Waals surface area contributed by atoms with Crippen molar-refractivity contribution in [1.82, 2.24) is 10.2 Å². The number of carbonyl (C=O) groups is 2. The lowest BCUT2D eigenvalue weighted by atomic mass is 10.0. The highest BCUT2D eigenvalue weighted by Gasteiger charge is 2.36. The van der Waals surface area contributed by atoms with Gasteiger partial charge in [-0.15, -0.1) is 0 Å². The van der Waals surface area contributed by atoms with Gasteiger partial charge in [-0.1, -0.05) is 25.1 Å². The van der Waals surface area contributed by atoms with E-state index >= 15 is 0 Å². The maximum atomic E-state index is 13.6. The van der Waals surface area contributed by atoms with Gasteiger partial charge < -0.3 is 10.2 Å². The summed E-state index contributed by atoms with van der Waals surface area (Å²) in [4.78, 5) is 25.6. The highest BCUT2D eigenvalue weighted by atomic mass is 19.1. The van der Waals surface area contributed by atoms with Gasteiger partial charge in [0.2, 0.25) is 11.8 Å². The van der Waals surface area contributed by atoms with E-state index in [1.54, 1.807) is 30.0 Å². The van der Waals surface area contributed by atoms with Crippen LogP contribution < -0.4 is 5.32 Å². The summed E-state index contributed by atoms with van der Waals surface area (Å²) in [6, 6.07) is 5.54. The van der Waals surface area contributed by atoms with E-state index < -0.39 is 12.1 Å². The minimum atomic E-state index is -0.508. The van der Waals surface area contributed by atoms with Crippen LogP contribution in [0.1, 0.15) is 25.8 Å². The Morgan fingerprint density at radius 1 is 1.30 bits per heavy atom. The van der Waals surface area contributed by atoms with Crippen molar-refractivity contribution in [3.8, 4) is 0 Å². The van der Waals surface area contributed by atoms with E-state index in [-0.39, 0.29) is 17.6 Å². The van der Waals surface area contributed by atoms with Crippen LogP contribution in [0.4, 0.5) is 4.39 Å². The number of benzene rings is 1. The first-order chi connectivity index (χ1) is 9.54. The molecule has 0 bridgehead atoms. The predicted octanol–water partition coefficient (Wildman–Crippen LogP) is 1.49. The minimum absolute atomic E-state index is 0.104. The molecule has 0 radical (unpaired) electrons. The maximum Gasteiger partial charge on any atom is 0.245 e. The van der Waals surface area contributed by atoms with Crippen molar-refractivity contribution < 1.29 is 14.0 Å². The van der Waals surface area contributed by atoms with Crippen LogP contribution in [0.2, 0.25) is 0 Å². The molecule has 2 unspecified atom stereocenters. The summed E-state index contributed by atoms with van der Waals surface area (Å²) in [7, 11) is 0.